The average Bonchev–Trinajstić information content (AvgIpc) is 3.16. The van der Waals surface area contributed by atoms with E-state index in [1.54, 1.807) is 18.4 Å². The fourth-order valence-electron chi connectivity index (χ4n) is 2.96. The van der Waals surface area contributed by atoms with Gasteiger partial charge in [-0.2, -0.15) is 0 Å². The first-order chi connectivity index (χ1) is 13.6. The Labute approximate surface area is 170 Å². The summed E-state index contributed by atoms with van der Waals surface area (Å²) in [5.41, 5.74) is 4.05. The summed E-state index contributed by atoms with van der Waals surface area (Å²) < 4.78 is 5.20. The van der Waals surface area contributed by atoms with Gasteiger partial charge in [-0.25, -0.2) is 4.98 Å². The van der Waals surface area contributed by atoms with Gasteiger partial charge in [0.15, 0.2) is 0 Å². The number of nitrogens with zero attached hydrogens (tertiary/aromatic N) is 2. The number of carbonyl (C=O) groups is 1. The lowest BCUT2D eigenvalue weighted by Gasteiger charge is -2.16. The van der Waals surface area contributed by atoms with E-state index in [2.05, 4.69) is 12.2 Å². The predicted molar refractivity (Wildman–Crippen MR) is 115 cm³/mol. The van der Waals surface area contributed by atoms with Gasteiger partial charge < -0.3 is 10.1 Å². The predicted octanol–water partition coefficient (Wildman–Crippen LogP) is 4.45. The molecule has 0 fully saturated rings. The maximum atomic E-state index is 12.4. The molecule has 1 heterocycles. The van der Waals surface area contributed by atoms with E-state index in [0.29, 0.717) is 13.1 Å². The number of para-hydroxylation sites is 1. The molecule has 5 nitrogen and oxygen atoms in total. The molecule has 0 atom stereocenters. The van der Waals surface area contributed by atoms with E-state index in [0.717, 1.165) is 39.7 Å². The van der Waals surface area contributed by atoms with Crippen LogP contribution in [0.25, 0.3) is 10.6 Å². The lowest BCUT2D eigenvalue weighted by atomic mass is 10.1. The largest absolute Gasteiger partial charge is 0.497 e. The zero-order valence-electron chi connectivity index (χ0n) is 16.4. The van der Waals surface area contributed by atoms with Gasteiger partial charge in [0, 0.05) is 23.2 Å². The van der Waals surface area contributed by atoms with Gasteiger partial charge in [-0.15, -0.1) is 11.3 Å². The summed E-state index contributed by atoms with van der Waals surface area (Å²) >= 11 is 1.61. The molecule has 0 aliphatic rings. The van der Waals surface area contributed by atoms with Crippen molar-refractivity contribution in [3.8, 4) is 16.3 Å². The first-order valence-corrected chi connectivity index (χ1v) is 10.1. The second-order valence-corrected chi connectivity index (χ2v) is 7.46. The molecule has 146 valence electrons. The van der Waals surface area contributed by atoms with E-state index < -0.39 is 0 Å². The Hall–Kier alpha value is -2.70. The Morgan fingerprint density at radius 2 is 1.93 bits per heavy atom. The lowest BCUT2D eigenvalue weighted by molar-refractivity contribution is -0.117. The van der Waals surface area contributed by atoms with Crippen molar-refractivity contribution in [3.63, 3.8) is 0 Å². The number of benzene rings is 2. The van der Waals surface area contributed by atoms with Crippen LogP contribution in [-0.4, -0.2) is 36.5 Å². The number of thiazole rings is 1. The van der Waals surface area contributed by atoms with Crippen LogP contribution in [0.3, 0.4) is 0 Å². The van der Waals surface area contributed by atoms with Gasteiger partial charge >= 0.3 is 0 Å². The molecule has 0 aliphatic heterocycles. The highest BCUT2D eigenvalue weighted by molar-refractivity contribution is 7.13. The fraction of sp³-hybridized carbons (Fsp3) is 0.273. The second kappa shape index (κ2) is 9.48. The normalized spacial score (nSPS) is 10.9. The molecule has 28 heavy (non-hydrogen) atoms. The molecule has 0 unspecified atom stereocenters. The number of hydrogen-bond acceptors (Lipinski definition) is 5. The Kier molecular flexibility index (Phi) is 6.79. The highest BCUT2D eigenvalue weighted by Crippen LogP contribution is 2.26. The summed E-state index contributed by atoms with van der Waals surface area (Å²) in [4.78, 5) is 19.1. The van der Waals surface area contributed by atoms with Crippen molar-refractivity contribution >= 4 is 22.9 Å². The monoisotopic (exact) mass is 395 g/mol. The van der Waals surface area contributed by atoms with Crippen LogP contribution < -0.4 is 10.1 Å². The van der Waals surface area contributed by atoms with E-state index in [1.807, 2.05) is 65.9 Å². The number of aromatic nitrogens is 1. The highest BCUT2D eigenvalue weighted by Gasteiger charge is 2.12. The number of likely N-dealkylation sites (N-methyl/N-ethyl adjacent to an activating group) is 1. The van der Waals surface area contributed by atoms with Crippen LogP contribution >= 0.6 is 11.3 Å². The Bertz CT molecular complexity index is 922. The number of aryl methyl sites for hydroxylation is 1. The number of rotatable bonds is 8. The second-order valence-electron chi connectivity index (χ2n) is 6.60. The van der Waals surface area contributed by atoms with Crippen LogP contribution in [0.2, 0.25) is 0 Å². The maximum Gasteiger partial charge on any atom is 0.238 e. The average molecular weight is 396 g/mol. The lowest BCUT2D eigenvalue weighted by Crippen LogP contribution is -2.30. The number of carbonyl (C=O) groups excluding carboxylic acids is 1. The third kappa shape index (κ3) is 5.18. The molecule has 0 saturated heterocycles. The van der Waals surface area contributed by atoms with E-state index in [1.165, 1.54) is 0 Å². The molecule has 0 aliphatic carbocycles. The van der Waals surface area contributed by atoms with Gasteiger partial charge in [0.05, 0.1) is 19.3 Å². The fourth-order valence-corrected chi connectivity index (χ4v) is 3.78. The third-order valence-corrected chi connectivity index (χ3v) is 5.35. The standard InChI is InChI=1S/C22H25N3O2S/c1-4-16-7-5-6-8-20(16)24-21(26)14-25(2)13-18-15-28-22(23-18)17-9-11-19(27-3)12-10-17/h5-12,15H,4,13-14H2,1-3H3,(H,24,26). The van der Waals surface area contributed by atoms with Gasteiger partial charge in [-0.1, -0.05) is 25.1 Å². The molecular weight excluding hydrogens is 370 g/mol. The van der Waals surface area contributed by atoms with Gasteiger partial charge in [0.1, 0.15) is 10.8 Å². The molecule has 3 rings (SSSR count). The van der Waals surface area contributed by atoms with E-state index in [-0.39, 0.29) is 5.91 Å². The van der Waals surface area contributed by atoms with Crippen molar-refractivity contribution in [3.05, 3.63) is 65.2 Å². The third-order valence-electron chi connectivity index (χ3n) is 4.41. The van der Waals surface area contributed by atoms with E-state index in [4.69, 9.17) is 9.72 Å². The first-order valence-electron chi connectivity index (χ1n) is 9.24. The van der Waals surface area contributed by atoms with Gasteiger partial charge in [0.2, 0.25) is 5.91 Å². The molecular formula is C22H25N3O2S. The summed E-state index contributed by atoms with van der Waals surface area (Å²) in [5.74, 6) is 0.810. The number of amides is 1. The van der Waals surface area contributed by atoms with Crippen molar-refractivity contribution in [2.45, 2.75) is 19.9 Å². The van der Waals surface area contributed by atoms with Crippen LogP contribution in [0.5, 0.6) is 5.75 Å². The summed E-state index contributed by atoms with van der Waals surface area (Å²) in [6.45, 7) is 3.02. The molecule has 1 N–H and O–H groups in total. The molecule has 0 saturated carbocycles. The smallest absolute Gasteiger partial charge is 0.238 e. The minimum Gasteiger partial charge on any atom is -0.497 e. The quantitative estimate of drug-likeness (QED) is 0.612. The first kappa shape index (κ1) is 20.0. The van der Waals surface area contributed by atoms with Crippen LogP contribution in [0.1, 0.15) is 18.2 Å². The van der Waals surface area contributed by atoms with Gasteiger partial charge in [-0.05, 0) is 49.4 Å². The SMILES string of the molecule is CCc1ccccc1NC(=O)CN(C)Cc1csc(-c2ccc(OC)cc2)n1. The topological polar surface area (TPSA) is 54.5 Å². The zero-order valence-corrected chi connectivity index (χ0v) is 17.3. The molecule has 1 aromatic heterocycles. The van der Waals surface area contributed by atoms with E-state index in [9.17, 15) is 4.79 Å². The molecule has 6 heteroatoms. The highest BCUT2D eigenvalue weighted by atomic mass is 32.1. The van der Waals surface area contributed by atoms with Crippen molar-refractivity contribution in [2.75, 3.05) is 26.0 Å². The molecule has 0 spiro atoms. The molecule has 0 bridgehead atoms. The number of ether oxygens (including phenoxy) is 1. The Morgan fingerprint density at radius 1 is 1.18 bits per heavy atom. The maximum absolute atomic E-state index is 12.4. The van der Waals surface area contributed by atoms with Gasteiger partial charge in [0.25, 0.3) is 0 Å². The number of methoxy groups -OCH3 is 1. The minimum atomic E-state index is -0.0194. The molecule has 2 aromatic carbocycles. The number of nitrogens with one attached hydrogen (secondary N) is 1. The molecule has 3 aromatic rings. The van der Waals surface area contributed by atoms with Crippen molar-refractivity contribution in [2.24, 2.45) is 0 Å². The Morgan fingerprint density at radius 3 is 2.64 bits per heavy atom. The summed E-state index contributed by atoms with van der Waals surface area (Å²) in [6.07, 6.45) is 0.888. The number of anilines is 1. The summed E-state index contributed by atoms with van der Waals surface area (Å²) in [6, 6.07) is 15.8. The number of hydrogen-bond donors (Lipinski definition) is 1. The summed E-state index contributed by atoms with van der Waals surface area (Å²) in [5, 5.41) is 6.02. The van der Waals surface area contributed by atoms with Crippen LogP contribution in [0.4, 0.5) is 5.69 Å². The molecule has 1 amide bonds. The van der Waals surface area contributed by atoms with Gasteiger partial charge in [-0.3, -0.25) is 9.69 Å². The minimum absolute atomic E-state index is 0.0194. The van der Waals surface area contributed by atoms with Crippen LogP contribution in [0.15, 0.2) is 53.9 Å². The van der Waals surface area contributed by atoms with Crippen LogP contribution in [-0.2, 0) is 17.8 Å². The van der Waals surface area contributed by atoms with Crippen LogP contribution in [0, 0.1) is 0 Å². The summed E-state index contributed by atoms with van der Waals surface area (Å²) in [7, 11) is 3.58. The van der Waals surface area contributed by atoms with Crippen molar-refractivity contribution < 1.29 is 9.53 Å². The zero-order chi connectivity index (χ0) is 19.9. The van der Waals surface area contributed by atoms with Crippen molar-refractivity contribution in [1.29, 1.82) is 0 Å². The van der Waals surface area contributed by atoms with Crippen molar-refractivity contribution in [1.82, 2.24) is 9.88 Å². The van der Waals surface area contributed by atoms with E-state index >= 15 is 0 Å². The molecule has 0 radical (unpaired) electrons. The Balaban J connectivity index is 1.56.